The van der Waals surface area contributed by atoms with Crippen molar-refractivity contribution >= 4 is 31.5 Å². The van der Waals surface area contributed by atoms with Gasteiger partial charge in [-0.25, -0.2) is 9.97 Å². The Balaban J connectivity index is 1.11. The third-order valence-electron chi connectivity index (χ3n) is 7.94. The van der Waals surface area contributed by atoms with E-state index in [4.69, 9.17) is 9.97 Å². The van der Waals surface area contributed by atoms with Gasteiger partial charge in [-0.05, 0) is 46.5 Å². The van der Waals surface area contributed by atoms with Crippen molar-refractivity contribution in [3.05, 3.63) is 158 Å². The highest BCUT2D eigenvalue weighted by molar-refractivity contribution is 7.25. The van der Waals surface area contributed by atoms with Gasteiger partial charge in [-0.3, -0.25) is 0 Å². The summed E-state index contributed by atoms with van der Waals surface area (Å²) in [6.07, 6.45) is 0. The fraction of sp³-hybridized carbons (Fsp3) is 0. The Morgan fingerprint density at radius 2 is 0.791 bits per heavy atom. The molecule has 0 atom stereocenters. The van der Waals surface area contributed by atoms with Crippen LogP contribution in [0.2, 0.25) is 0 Å². The molecule has 202 valence electrons. The summed E-state index contributed by atoms with van der Waals surface area (Å²) in [7, 11) is 0. The monoisotopic (exact) mass is 566 g/mol. The molecule has 8 aromatic rings. The van der Waals surface area contributed by atoms with Crippen LogP contribution >= 0.6 is 11.3 Å². The molecule has 3 heteroatoms. The molecule has 0 spiro atoms. The molecular formula is C40H26N2S. The molecule has 0 aliphatic rings. The molecule has 0 saturated carbocycles. The van der Waals surface area contributed by atoms with E-state index >= 15 is 0 Å². The van der Waals surface area contributed by atoms with E-state index in [0.29, 0.717) is 0 Å². The van der Waals surface area contributed by atoms with Crippen LogP contribution in [0.5, 0.6) is 0 Å². The van der Waals surface area contributed by atoms with Gasteiger partial charge in [-0.2, -0.15) is 0 Å². The quantitative estimate of drug-likeness (QED) is 0.207. The molecule has 0 N–H and O–H groups in total. The smallest absolute Gasteiger partial charge is 0.160 e. The summed E-state index contributed by atoms with van der Waals surface area (Å²) < 4.78 is 2.67. The summed E-state index contributed by atoms with van der Waals surface area (Å²) in [6, 6.07) is 55.6. The first-order chi connectivity index (χ1) is 21.3. The Labute approximate surface area is 254 Å². The summed E-state index contributed by atoms with van der Waals surface area (Å²) >= 11 is 1.86. The Hall–Kier alpha value is -5.38. The van der Waals surface area contributed by atoms with Crippen LogP contribution in [0.15, 0.2) is 158 Å². The highest BCUT2D eigenvalue weighted by Crippen LogP contribution is 2.37. The van der Waals surface area contributed by atoms with Crippen molar-refractivity contribution in [2.45, 2.75) is 0 Å². The number of hydrogen-bond donors (Lipinski definition) is 0. The third-order valence-corrected chi connectivity index (χ3v) is 9.09. The molecule has 6 aromatic carbocycles. The van der Waals surface area contributed by atoms with Gasteiger partial charge < -0.3 is 0 Å². The van der Waals surface area contributed by atoms with Crippen LogP contribution in [0.3, 0.4) is 0 Å². The van der Waals surface area contributed by atoms with Gasteiger partial charge in [0.25, 0.3) is 0 Å². The number of rotatable bonds is 5. The Morgan fingerprint density at radius 3 is 1.44 bits per heavy atom. The van der Waals surface area contributed by atoms with E-state index in [1.54, 1.807) is 0 Å². The molecular weight excluding hydrogens is 541 g/mol. The van der Waals surface area contributed by atoms with E-state index < -0.39 is 0 Å². The largest absolute Gasteiger partial charge is 0.228 e. The lowest BCUT2D eigenvalue weighted by Crippen LogP contribution is -1.95. The first-order valence-corrected chi connectivity index (χ1v) is 15.2. The van der Waals surface area contributed by atoms with E-state index in [2.05, 4.69) is 121 Å². The van der Waals surface area contributed by atoms with Gasteiger partial charge in [-0.15, -0.1) is 11.3 Å². The molecule has 0 unspecified atom stereocenters. The zero-order valence-electron chi connectivity index (χ0n) is 23.3. The molecule has 0 aliphatic heterocycles. The topological polar surface area (TPSA) is 25.8 Å². The summed E-state index contributed by atoms with van der Waals surface area (Å²) in [5.74, 6) is 0.727. The predicted molar refractivity (Wildman–Crippen MR) is 182 cm³/mol. The van der Waals surface area contributed by atoms with Crippen molar-refractivity contribution in [3.63, 3.8) is 0 Å². The minimum absolute atomic E-state index is 0.727. The summed E-state index contributed by atoms with van der Waals surface area (Å²) in [5, 5.41) is 2.66. The summed E-state index contributed by atoms with van der Waals surface area (Å²) in [4.78, 5) is 9.89. The predicted octanol–water partition coefficient (Wildman–Crippen LogP) is 11.2. The second kappa shape index (κ2) is 10.8. The average molecular weight is 567 g/mol. The van der Waals surface area contributed by atoms with Gasteiger partial charge in [0.1, 0.15) is 0 Å². The number of nitrogens with zero attached hydrogens (tertiary/aromatic N) is 2. The number of aromatic nitrogens is 2. The second-order valence-corrected chi connectivity index (χ2v) is 11.7. The SMILES string of the molecule is c1ccc(-c2cc(-c3ccc(-c4ccc(-c5ccc6sc7ccccc7c6c5)cc4)cc3)nc(-c3ccccc3)n2)cc1. The molecule has 8 rings (SSSR count). The van der Waals surface area contributed by atoms with Crippen molar-refractivity contribution in [1.29, 1.82) is 0 Å². The van der Waals surface area contributed by atoms with Crippen molar-refractivity contribution in [2.24, 2.45) is 0 Å². The van der Waals surface area contributed by atoms with Crippen molar-refractivity contribution < 1.29 is 0 Å². The maximum atomic E-state index is 4.97. The summed E-state index contributed by atoms with van der Waals surface area (Å²) in [5.41, 5.74) is 9.80. The van der Waals surface area contributed by atoms with Crippen molar-refractivity contribution in [3.8, 4) is 56.2 Å². The van der Waals surface area contributed by atoms with E-state index in [1.165, 1.54) is 42.4 Å². The van der Waals surface area contributed by atoms with Gasteiger partial charge in [0.2, 0.25) is 0 Å². The molecule has 0 saturated heterocycles. The lowest BCUT2D eigenvalue weighted by molar-refractivity contribution is 1.18. The van der Waals surface area contributed by atoms with Crippen LogP contribution in [-0.2, 0) is 0 Å². The van der Waals surface area contributed by atoms with Crippen LogP contribution in [-0.4, -0.2) is 9.97 Å². The fourth-order valence-electron chi connectivity index (χ4n) is 5.66. The van der Waals surface area contributed by atoms with Crippen LogP contribution in [0, 0.1) is 0 Å². The molecule has 2 nitrogen and oxygen atoms in total. The lowest BCUT2D eigenvalue weighted by Gasteiger charge is -2.10. The van der Waals surface area contributed by atoms with Crippen LogP contribution in [0.1, 0.15) is 0 Å². The standard InChI is InChI=1S/C40H26N2S/c1-3-9-30(10-4-1)36-26-37(42-40(41-36)32-11-5-2-6-12-32)31-21-19-28(20-22-31)27-15-17-29(18-16-27)33-23-24-39-35(25-33)34-13-7-8-14-38(34)43-39/h1-26H. The molecule has 43 heavy (non-hydrogen) atoms. The van der Waals surface area contributed by atoms with Gasteiger partial charge >= 0.3 is 0 Å². The Kier molecular flexibility index (Phi) is 6.36. The molecule has 2 heterocycles. The first kappa shape index (κ1) is 25.3. The number of fused-ring (bicyclic) bond motifs is 3. The van der Waals surface area contributed by atoms with Crippen molar-refractivity contribution in [2.75, 3.05) is 0 Å². The maximum Gasteiger partial charge on any atom is 0.160 e. The third kappa shape index (κ3) is 4.90. The zero-order chi connectivity index (χ0) is 28.6. The van der Waals surface area contributed by atoms with Crippen LogP contribution < -0.4 is 0 Å². The highest BCUT2D eigenvalue weighted by atomic mass is 32.1. The molecule has 0 amide bonds. The Bertz CT molecular complexity index is 2140. The highest BCUT2D eigenvalue weighted by Gasteiger charge is 2.11. The number of hydrogen-bond acceptors (Lipinski definition) is 3. The minimum Gasteiger partial charge on any atom is -0.228 e. The fourth-order valence-corrected chi connectivity index (χ4v) is 6.75. The van der Waals surface area contributed by atoms with Crippen LogP contribution in [0.4, 0.5) is 0 Å². The minimum atomic E-state index is 0.727. The van der Waals surface area contributed by atoms with Crippen LogP contribution in [0.25, 0.3) is 76.3 Å². The molecule has 2 aromatic heterocycles. The second-order valence-electron chi connectivity index (χ2n) is 10.7. The average Bonchev–Trinajstić information content (AvgIpc) is 3.47. The normalized spacial score (nSPS) is 11.3. The lowest BCUT2D eigenvalue weighted by atomic mass is 9.98. The van der Waals surface area contributed by atoms with Crippen molar-refractivity contribution in [1.82, 2.24) is 9.97 Å². The molecule has 0 radical (unpaired) electrons. The Morgan fingerprint density at radius 1 is 0.326 bits per heavy atom. The molecule has 0 aliphatic carbocycles. The van der Waals surface area contributed by atoms with Gasteiger partial charge in [0.05, 0.1) is 11.4 Å². The van der Waals surface area contributed by atoms with Gasteiger partial charge in [0.15, 0.2) is 5.82 Å². The van der Waals surface area contributed by atoms with E-state index in [0.717, 1.165) is 33.9 Å². The zero-order valence-corrected chi connectivity index (χ0v) is 24.1. The molecule has 0 bridgehead atoms. The maximum absolute atomic E-state index is 4.97. The number of benzene rings is 6. The van der Waals surface area contributed by atoms with E-state index in [9.17, 15) is 0 Å². The molecule has 0 fully saturated rings. The first-order valence-electron chi connectivity index (χ1n) is 14.4. The summed E-state index contributed by atoms with van der Waals surface area (Å²) in [6.45, 7) is 0. The van der Waals surface area contributed by atoms with Gasteiger partial charge in [0, 0.05) is 36.9 Å². The number of thiophene rings is 1. The van der Waals surface area contributed by atoms with Gasteiger partial charge in [-0.1, -0.05) is 133 Å². The van der Waals surface area contributed by atoms with E-state index in [-0.39, 0.29) is 0 Å². The van der Waals surface area contributed by atoms with E-state index in [1.807, 2.05) is 47.7 Å².